The monoisotopic (exact) mass is 659 g/mol. The molecule has 0 spiro atoms. The van der Waals surface area contributed by atoms with E-state index in [1.54, 1.807) is 60.3 Å². The fourth-order valence-electron chi connectivity index (χ4n) is 5.23. The average Bonchev–Trinajstić information content (AvgIpc) is 3.03. The number of carbonyl (C=O) groups is 2. The van der Waals surface area contributed by atoms with Crippen LogP contribution in [0.2, 0.25) is 0 Å². The van der Waals surface area contributed by atoms with Crippen molar-refractivity contribution < 1.29 is 27.5 Å². The van der Waals surface area contributed by atoms with Gasteiger partial charge in [-0.25, -0.2) is 0 Å². The first kappa shape index (κ1) is 35.6. The van der Waals surface area contributed by atoms with E-state index >= 15 is 0 Å². The minimum Gasteiger partial charge on any atom is -0.454 e. The quantitative estimate of drug-likeness (QED) is 0.487. The van der Waals surface area contributed by atoms with Crippen LogP contribution >= 0.6 is 0 Å². The number of anilines is 3. The number of aromatic nitrogens is 3. The van der Waals surface area contributed by atoms with E-state index < -0.39 is 18.8 Å². The SMILES string of the molecule is CN1CCCN(C)CCCN(C)C(=O)c2ccc(cc2)Nc2nc(nc(OCC(F)(F)F)n2)NC2=CC=C(CC2)C(=O)N(C)CCC1. The van der Waals surface area contributed by atoms with Gasteiger partial charge in [-0.3, -0.25) is 9.59 Å². The Balaban J connectivity index is 1.55. The highest BCUT2D eigenvalue weighted by atomic mass is 19.4. The van der Waals surface area contributed by atoms with Crippen molar-refractivity contribution in [3.05, 3.63) is 53.3 Å². The Bertz CT molecular complexity index is 1430. The number of halogens is 3. The summed E-state index contributed by atoms with van der Waals surface area (Å²) in [7, 11) is 7.75. The number of allylic oxidation sites excluding steroid dienone is 3. The molecule has 1 aliphatic carbocycles. The maximum atomic E-state index is 13.1. The van der Waals surface area contributed by atoms with E-state index in [9.17, 15) is 22.8 Å². The first-order valence-corrected chi connectivity index (χ1v) is 15.7. The number of ether oxygens (including phenoxy) is 1. The minimum atomic E-state index is -4.59. The number of likely N-dealkylation sites (N-methyl/N-ethyl adjacent to an activating group) is 1. The van der Waals surface area contributed by atoms with Gasteiger partial charge in [-0.1, -0.05) is 6.08 Å². The smallest absolute Gasteiger partial charge is 0.422 e. The number of alkyl halides is 3. The maximum absolute atomic E-state index is 13.1. The number of carbonyl (C=O) groups excluding carboxylic acids is 2. The zero-order valence-electron chi connectivity index (χ0n) is 27.4. The lowest BCUT2D eigenvalue weighted by molar-refractivity contribution is -0.154. The molecule has 3 aliphatic heterocycles. The van der Waals surface area contributed by atoms with Crippen molar-refractivity contribution >= 4 is 29.4 Å². The molecule has 6 rings (SSSR count). The molecule has 1 aromatic heterocycles. The molecule has 0 radical (unpaired) electrons. The molecular weight excluding hydrogens is 615 g/mol. The van der Waals surface area contributed by atoms with Crippen LogP contribution < -0.4 is 15.4 Å². The number of nitrogens with one attached hydrogen (secondary N) is 2. The van der Waals surface area contributed by atoms with Crippen LogP contribution in [0, 0.1) is 0 Å². The maximum Gasteiger partial charge on any atom is 0.422 e. The van der Waals surface area contributed by atoms with E-state index in [0.29, 0.717) is 48.5 Å². The second kappa shape index (κ2) is 16.5. The Morgan fingerprint density at radius 2 is 1.28 bits per heavy atom. The van der Waals surface area contributed by atoms with Gasteiger partial charge in [0.1, 0.15) is 0 Å². The van der Waals surface area contributed by atoms with Gasteiger partial charge in [-0.05, 0) is 103 Å². The summed E-state index contributed by atoms with van der Waals surface area (Å²) < 4.78 is 43.5. The topological polar surface area (TPSA) is 119 Å². The zero-order valence-corrected chi connectivity index (χ0v) is 27.4. The number of nitrogens with zero attached hydrogens (tertiary/aromatic N) is 7. The molecule has 1 aromatic carbocycles. The minimum absolute atomic E-state index is 0.0254. The molecule has 2 amide bonds. The number of rotatable bonds is 2. The Morgan fingerprint density at radius 1 is 0.723 bits per heavy atom. The molecule has 2 N–H and O–H groups in total. The predicted octanol–water partition coefficient (Wildman–Crippen LogP) is 4.15. The van der Waals surface area contributed by atoms with E-state index in [1.165, 1.54) is 0 Å². The number of benzene rings is 1. The highest BCUT2D eigenvalue weighted by Crippen LogP contribution is 2.24. The van der Waals surface area contributed by atoms with Crippen molar-refractivity contribution in [3.63, 3.8) is 0 Å². The number of amides is 2. The first-order valence-electron chi connectivity index (χ1n) is 15.7. The third-order valence-electron chi connectivity index (χ3n) is 7.90. The van der Waals surface area contributed by atoms with Gasteiger partial charge in [0.05, 0.1) is 0 Å². The molecule has 0 saturated heterocycles. The van der Waals surface area contributed by atoms with Gasteiger partial charge in [-0.2, -0.15) is 28.1 Å². The molecule has 2 aromatic rings. The molecule has 4 heterocycles. The first-order chi connectivity index (χ1) is 22.4. The Hall–Kier alpha value is -4.24. The van der Waals surface area contributed by atoms with Crippen LogP contribution in [-0.4, -0.2) is 127 Å². The Labute approximate surface area is 273 Å². The van der Waals surface area contributed by atoms with Crippen LogP contribution in [0.4, 0.5) is 30.8 Å². The van der Waals surface area contributed by atoms with Crippen LogP contribution in [0.15, 0.2) is 47.7 Å². The van der Waals surface area contributed by atoms with E-state index in [1.807, 2.05) is 0 Å². The van der Waals surface area contributed by atoms with Gasteiger partial charge in [-0.15, -0.1) is 0 Å². The van der Waals surface area contributed by atoms with Crippen LogP contribution in [0.3, 0.4) is 0 Å². The molecule has 256 valence electrons. The fraction of sp³-hybridized carbons (Fsp3) is 0.531. The fourth-order valence-corrected chi connectivity index (χ4v) is 5.23. The summed E-state index contributed by atoms with van der Waals surface area (Å²) in [4.78, 5) is 46.4. The van der Waals surface area contributed by atoms with E-state index in [2.05, 4.69) is 49.5 Å². The van der Waals surface area contributed by atoms with E-state index in [0.717, 1.165) is 45.4 Å². The molecule has 0 atom stereocenters. The molecular formula is C32H44F3N9O3. The van der Waals surface area contributed by atoms with Gasteiger partial charge in [0.25, 0.3) is 5.91 Å². The lowest BCUT2D eigenvalue weighted by atomic mass is 10.0. The van der Waals surface area contributed by atoms with Crippen molar-refractivity contribution in [2.75, 3.05) is 84.7 Å². The molecule has 12 nitrogen and oxygen atoms in total. The average molecular weight is 660 g/mol. The van der Waals surface area contributed by atoms with Crippen LogP contribution in [0.1, 0.15) is 42.5 Å². The summed E-state index contributed by atoms with van der Waals surface area (Å²) in [6, 6.07) is 6.14. The highest BCUT2D eigenvalue weighted by molar-refractivity contribution is 5.94. The van der Waals surface area contributed by atoms with Crippen molar-refractivity contribution in [2.45, 2.75) is 38.3 Å². The van der Waals surface area contributed by atoms with E-state index in [-0.39, 0.29) is 23.7 Å². The second-order valence-electron chi connectivity index (χ2n) is 12.0. The normalized spacial score (nSPS) is 19.0. The van der Waals surface area contributed by atoms with Crippen molar-refractivity contribution in [3.8, 4) is 6.01 Å². The molecule has 47 heavy (non-hydrogen) atoms. The number of fused-ring (bicyclic) bond motifs is 2. The molecule has 0 fully saturated rings. The summed E-state index contributed by atoms with van der Waals surface area (Å²) in [6.07, 6.45) is 2.55. The number of hydrogen-bond donors (Lipinski definition) is 2. The van der Waals surface area contributed by atoms with E-state index in [4.69, 9.17) is 4.74 Å². The Kier molecular flexibility index (Phi) is 12.5. The summed E-state index contributed by atoms with van der Waals surface area (Å²) in [5.41, 5.74) is 2.35. The van der Waals surface area contributed by atoms with Crippen molar-refractivity contribution in [2.24, 2.45) is 0 Å². The van der Waals surface area contributed by atoms with Gasteiger partial charge < -0.3 is 35.0 Å². The Morgan fingerprint density at radius 3 is 1.83 bits per heavy atom. The molecule has 0 unspecified atom stereocenters. The number of hydrogen-bond acceptors (Lipinski definition) is 10. The van der Waals surface area contributed by atoms with Crippen molar-refractivity contribution in [1.29, 1.82) is 0 Å². The third-order valence-corrected chi connectivity index (χ3v) is 7.90. The van der Waals surface area contributed by atoms with Gasteiger partial charge >= 0.3 is 12.2 Å². The largest absolute Gasteiger partial charge is 0.454 e. The highest BCUT2D eigenvalue weighted by Gasteiger charge is 2.29. The van der Waals surface area contributed by atoms with Crippen LogP contribution in [0.25, 0.3) is 0 Å². The summed E-state index contributed by atoms with van der Waals surface area (Å²) in [5, 5.41) is 5.98. The summed E-state index contributed by atoms with van der Waals surface area (Å²) >= 11 is 0. The van der Waals surface area contributed by atoms with Crippen molar-refractivity contribution in [1.82, 2.24) is 34.6 Å². The third kappa shape index (κ3) is 11.5. The molecule has 4 aliphatic rings. The van der Waals surface area contributed by atoms with Gasteiger partial charge in [0.2, 0.25) is 17.8 Å². The molecule has 15 heteroatoms. The summed E-state index contributed by atoms with van der Waals surface area (Å²) in [6.45, 7) is 3.30. The van der Waals surface area contributed by atoms with Crippen LogP contribution in [-0.2, 0) is 4.79 Å². The van der Waals surface area contributed by atoms with Gasteiger partial charge in [0.15, 0.2) is 6.61 Å². The summed E-state index contributed by atoms with van der Waals surface area (Å²) in [5.74, 6) is -0.231. The predicted molar refractivity (Wildman–Crippen MR) is 174 cm³/mol. The van der Waals surface area contributed by atoms with Crippen LogP contribution in [0.5, 0.6) is 6.01 Å². The van der Waals surface area contributed by atoms with Gasteiger partial charge in [0, 0.05) is 49.7 Å². The molecule has 0 saturated carbocycles. The molecule has 6 bridgehead atoms. The lowest BCUT2D eigenvalue weighted by Crippen LogP contribution is -2.33. The second-order valence-corrected chi connectivity index (χ2v) is 12.0. The standard InChI is InChI=1S/C32H44F3N9O3/c1-41-16-5-17-42(2)19-7-21-44(4)28(46)24-10-14-26(15-11-24)37-30-38-29(39-31(40-30)47-22-32(33,34)35)36-25-12-8-23(9-13-25)27(45)43(3)20-6-18-41/h8-10,12-14H,5-7,11,15-22H2,1-4H3,(H2,36,37,38,39,40). The lowest BCUT2D eigenvalue weighted by Gasteiger charge is -2.24. The zero-order chi connectivity index (χ0) is 34.0.